The molecule has 2 aromatic rings. The lowest BCUT2D eigenvalue weighted by Gasteiger charge is -2.11. The molecular weight excluding hydrogens is 250 g/mol. The molecule has 1 heterocycles. The Morgan fingerprint density at radius 1 is 1.25 bits per heavy atom. The summed E-state index contributed by atoms with van der Waals surface area (Å²) in [7, 11) is 2.01. The number of nitrogens with one attached hydrogen (secondary N) is 1. The van der Waals surface area contributed by atoms with Gasteiger partial charge in [-0.25, -0.2) is 0 Å². The first-order chi connectivity index (χ1) is 9.85. The van der Waals surface area contributed by atoms with E-state index in [0.717, 1.165) is 36.9 Å². The van der Waals surface area contributed by atoms with Crippen molar-refractivity contribution >= 4 is 0 Å². The van der Waals surface area contributed by atoms with E-state index in [1.165, 1.54) is 18.4 Å². The van der Waals surface area contributed by atoms with Crippen molar-refractivity contribution < 1.29 is 4.52 Å². The average molecular weight is 271 g/mol. The van der Waals surface area contributed by atoms with Gasteiger partial charge >= 0.3 is 0 Å². The summed E-state index contributed by atoms with van der Waals surface area (Å²) in [6.07, 6.45) is 5.28. The van der Waals surface area contributed by atoms with Gasteiger partial charge in [0.15, 0.2) is 5.82 Å². The zero-order valence-corrected chi connectivity index (χ0v) is 11.9. The maximum absolute atomic E-state index is 5.36. The molecule has 1 saturated carbocycles. The molecule has 1 aliphatic carbocycles. The minimum Gasteiger partial charge on any atom is -0.339 e. The number of rotatable bonds is 7. The van der Waals surface area contributed by atoms with Crippen LogP contribution in [0.15, 0.2) is 34.9 Å². The second kappa shape index (κ2) is 6.18. The second-order valence-electron chi connectivity index (χ2n) is 5.53. The van der Waals surface area contributed by atoms with Crippen LogP contribution in [0.4, 0.5) is 0 Å². The van der Waals surface area contributed by atoms with Gasteiger partial charge in [0.1, 0.15) is 0 Å². The molecule has 0 amide bonds. The Hall–Kier alpha value is -1.68. The molecule has 4 nitrogen and oxygen atoms in total. The second-order valence-corrected chi connectivity index (χ2v) is 5.53. The SMILES string of the molecule is CNC(Cc1nc(CCc2ccccc2)no1)C1CC1. The third-order valence-corrected chi connectivity index (χ3v) is 3.95. The van der Waals surface area contributed by atoms with Gasteiger partial charge in [0.2, 0.25) is 5.89 Å². The quantitative estimate of drug-likeness (QED) is 0.840. The first-order valence-electron chi connectivity index (χ1n) is 7.38. The molecular formula is C16H21N3O. The number of aryl methyl sites for hydroxylation is 2. The zero-order valence-electron chi connectivity index (χ0n) is 11.9. The number of hydrogen-bond donors (Lipinski definition) is 1. The maximum Gasteiger partial charge on any atom is 0.228 e. The van der Waals surface area contributed by atoms with Crippen molar-refractivity contribution in [2.75, 3.05) is 7.05 Å². The van der Waals surface area contributed by atoms with E-state index in [2.05, 4.69) is 39.7 Å². The summed E-state index contributed by atoms with van der Waals surface area (Å²) in [5, 5.41) is 7.44. The van der Waals surface area contributed by atoms with E-state index in [1.54, 1.807) is 0 Å². The van der Waals surface area contributed by atoms with Crippen molar-refractivity contribution in [3.63, 3.8) is 0 Å². The van der Waals surface area contributed by atoms with Gasteiger partial charge < -0.3 is 9.84 Å². The van der Waals surface area contributed by atoms with E-state index >= 15 is 0 Å². The van der Waals surface area contributed by atoms with Gasteiger partial charge in [-0.15, -0.1) is 0 Å². The van der Waals surface area contributed by atoms with Crippen LogP contribution in [-0.4, -0.2) is 23.2 Å². The van der Waals surface area contributed by atoms with E-state index in [-0.39, 0.29) is 0 Å². The molecule has 1 aromatic carbocycles. The molecule has 106 valence electrons. The third kappa shape index (κ3) is 3.45. The molecule has 1 aliphatic rings. The van der Waals surface area contributed by atoms with Gasteiger partial charge in [-0.05, 0) is 37.8 Å². The molecule has 0 radical (unpaired) electrons. The largest absolute Gasteiger partial charge is 0.339 e. The van der Waals surface area contributed by atoms with Crippen molar-refractivity contribution in [2.45, 2.75) is 38.1 Å². The van der Waals surface area contributed by atoms with Crippen molar-refractivity contribution in [3.05, 3.63) is 47.6 Å². The fourth-order valence-electron chi connectivity index (χ4n) is 2.57. The first kappa shape index (κ1) is 13.3. The monoisotopic (exact) mass is 271 g/mol. The van der Waals surface area contributed by atoms with Crippen LogP contribution in [0.5, 0.6) is 0 Å². The number of likely N-dealkylation sites (N-methyl/N-ethyl adjacent to an activating group) is 1. The smallest absolute Gasteiger partial charge is 0.228 e. The lowest BCUT2D eigenvalue weighted by atomic mass is 10.1. The lowest BCUT2D eigenvalue weighted by Crippen LogP contribution is -2.29. The molecule has 3 rings (SSSR count). The van der Waals surface area contributed by atoms with Gasteiger partial charge in [0, 0.05) is 18.9 Å². The predicted molar refractivity (Wildman–Crippen MR) is 77.4 cm³/mol. The normalized spacial score (nSPS) is 16.2. The standard InChI is InChI=1S/C16H21N3O/c1-17-14(13-8-9-13)11-16-18-15(19-20-16)10-7-12-5-3-2-4-6-12/h2-6,13-14,17H,7-11H2,1H3. The Balaban J connectivity index is 1.53. The molecule has 0 spiro atoms. The van der Waals surface area contributed by atoms with Gasteiger partial charge in [-0.3, -0.25) is 0 Å². The zero-order chi connectivity index (χ0) is 13.8. The summed E-state index contributed by atoms with van der Waals surface area (Å²) in [6.45, 7) is 0. The fourth-order valence-corrected chi connectivity index (χ4v) is 2.57. The minimum absolute atomic E-state index is 0.484. The van der Waals surface area contributed by atoms with Crippen LogP contribution in [0, 0.1) is 5.92 Å². The first-order valence-corrected chi connectivity index (χ1v) is 7.38. The topological polar surface area (TPSA) is 51.0 Å². The third-order valence-electron chi connectivity index (χ3n) is 3.95. The van der Waals surface area contributed by atoms with Crippen LogP contribution in [0.1, 0.15) is 30.1 Å². The minimum atomic E-state index is 0.484. The van der Waals surface area contributed by atoms with Crippen LogP contribution < -0.4 is 5.32 Å². The van der Waals surface area contributed by atoms with Crippen LogP contribution in [-0.2, 0) is 19.3 Å². The van der Waals surface area contributed by atoms with Crippen molar-refractivity contribution in [1.29, 1.82) is 0 Å². The Kier molecular flexibility index (Phi) is 4.11. The lowest BCUT2D eigenvalue weighted by molar-refractivity contribution is 0.348. The highest BCUT2D eigenvalue weighted by molar-refractivity contribution is 5.15. The number of aromatic nitrogens is 2. The Morgan fingerprint density at radius 2 is 2.05 bits per heavy atom. The summed E-state index contributed by atoms with van der Waals surface area (Å²) in [6, 6.07) is 10.9. The Labute approximate surface area is 119 Å². The highest BCUT2D eigenvalue weighted by Gasteiger charge is 2.31. The molecule has 20 heavy (non-hydrogen) atoms. The fraction of sp³-hybridized carbons (Fsp3) is 0.500. The van der Waals surface area contributed by atoms with Gasteiger partial charge in [-0.2, -0.15) is 4.98 Å². The highest BCUT2D eigenvalue weighted by atomic mass is 16.5. The van der Waals surface area contributed by atoms with Crippen LogP contribution in [0.3, 0.4) is 0 Å². The van der Waals surface area contributed by atoms with Gasteiger partial charge in [-0.1, -0.05) is 35.5 Å². The van der Waals surface area contributed by atoms with E-state index in [4.69, 9.17) is 4.52 Å². The summed E-state index contributed by atoms with van der Waals surface area (Å²) in [5.41, 5.74) is 1.31. The molecule has 1 fully saturated rings. The molecule has 4 heteroatoms. The molecule has 1 atom stereocenters. The van der Waals surface area contributed by atoms with Gasteiger partial charge in [0.05, 0.1) is 0 Å². The Bertz CT molecular complexity index is 534. The predicted octanol–water partition coefficient (Wildman–Crippen LogP) is 2.40. The summed E-state index contributed by atoms with van der Waals surface area (Å²) in [4.78, 5) is 4.51. The Morgan fingerprint density at radius 3 is 2.75 bits per heavy atom. The summed E-state index contributed by atoms with van der Waals surface area (Å²) >= 11 is 0. The molecule has 1 aromatic heterocycles. The van der Waals surface area contributed by atoms with E-state index < -0.39 is 0 Å². The maximum atomic E-state index is 5.36. The average Bonchev–Trinajstić information content (AvgIpc) is 3.24. The van der Waals surface area contributed by atoms with Crippen molar-refractivity contribution in [2.24, 2.45) is 5.92 Å². The molecule has 1 unspecified atom stereocenters. The molecule has 0 saturated heterocycles. The van der Waals surface area contributed by atoms with Gasteiger partial charge in [0.25, 0.3) is 0 Å². The summed E-state index contributed by atoms with van der Waals surface area (Å²) in [5.74, 6) is 2.37. The van der Waals surface area contributed by atoms with Crippen LogP contribution >= 0.6 is 0 Å². The van der Waals surface area contributed by atoms with E-state index in [1.807, 2.05) is 13.1 Å². The molecule has 0 bridgehead atoms. The van der Waals surface area contributed by atoms with Crippen molar-refractivity contribution in [3.8, 4) is 0 Å². The van der Waals surface area contributed by atoms with Crippen LogP contribution in [0.2, 0.25) is 0 Å². The van der Waals surface area contributed by atoms with Crippen molar-refractivity contribution in [1.82, 2.24) is 15.5 Å². The molecule has 0 aliphatic heterocycles. The number of hydrogen-bond acceptors (Lipinski definition) is 4. The highest BCUT2D eigenvalue weighted by Crippen LogP contribution is 2.33. The summed E-state index contributed by atoms with van der Waals surface area (Å²) < 4.78 is 5.36. The number of benzene rings is 1. The van der Waals surface area contributed by atoms with E-state index in [0.29, 0.717) is 6.04 Å². The van der Waals surface area contributed by atoms with E-state index in [9.17, 15) is 0 Å². The number of nitrogens with zero attached hydrogens (tertiary/aromatic N) is 2. The van der Waals surface area contributed by atoms with Crippen LogP contribution in [0.25, 0.3) is 0 Å². The molecule has 1 N–H and O–H groups in total.